The number of nitrogens with one attached hydrogen (secondary N) is 1. The second-order valence-electron chi connectivity index (χ2n) is 7.73. The lowest BCUT2D eigenvalue weighted by Gasteiger charge is -2.21. The van der Waals surface area contributed by atoms with Crippen molar-refractivity contribution in [3.05, 3.63) is 60.4 Å². The van der Waals surface area contributed by atoms with E-state index in [0.29, 0.717) is 13.1 Å². The number of imidazole rings is 1. The molecule has 0 bridgehead atoms. The highest BCUT2D eigenvalue weighted by Crippen LogP contribution is 2.15. The molecule has 1 aliphatic heterocycles. The highest BCUT2D eigenvalue weighted by atomic mass is 16.2. The first-order valence-corrected chi connectivity index (χ1v) is 10.6. The van der Waals surface area contributed by atoms with Gasteiger partial charge in [-0.1, -0.05) is 43.2 Å². The molecule has 1 atom stereocenters. The van der Waals surface area contributed by atoms with Crippen LogP contribution in [0, 0.1) is 0 Å². The van der Waals surface area contributed by atoms with Gasteiger partial charge >= 0.3 is 0 Å². The van der Waals surface area contributed by atoms with Gasteiger partial charge in [0.1, 0.15) is 6.54 Å². The lowest BCUT2D eigenvalue weighted by molar-refractivity contribution is -0.122. The summed E-state index contributed by atoms with van der Waals surface area (Å²) < 4.78 is 3.57. The summed E-state index contributed by atoms with van der Waals surface area (Å²) in [6, 6.07) is 9.79. The largest absolute Gasteiger partial charge is 0.346 e. The summed E-state index contributed by atoms with van der Waals surface area (Å²) in [6.45, 7) is 3.49. The fourth-order valence-electron chi connectivity index (χ4n) is 3.85. The number of likely N-dealkylation sites (tertiary alicyclic amines) is 1. The Kier molecular flexibility index (Phi) is 6.81. The summed E-state index contributed by atoms with van der Waals surface area (Å²) >= 11 is 0. The van der Waals surface area contributed by atoms with Crippen LogP contribution in [0.25, 0.3) is 0 Å². The molecule has 1 fully saturated rings. The highest BCUT2D eigenvalue weighted by Gasteiger charge is 2.19. The summed E-state index contributed by atoms with van der Waals surface area (Å²) in [6.07, 6.45) is 10.3. The van der Waals surface area contributed by atoms with Crippen LogP contribution < -0.4 is 5.32 Å². The molecule has 0 unspecified atom stereocenters. The lowest BCUT2D eigenvalue weighted by Crippen LogP contribution is -2.35. The topological polar surface area (TPSA) is 93.8 Å². The molecule has 1 saturated heterocycles. The number of hydrogen-bond donors (Lipinski definition) is 1. The summed E-state index contributed by atoms with van der Waals surface area (Å²) in [5, 5.41) is 15.2. The molecule has 9 nitrogen and oxygen atoms in total. The first-order valence-electron chi connectivity index (χ1n) is 10.6. The minimum absolute atomic E-state index is 0.101. The normalized spacial score (nSPS) is 16.1. The third-order valence-electron chi connectivity index (χ3n) is 5.45. The Labute approximate surface area is 176 Å². The maximum atomic E-state index is 12.9. The molecule has 1 aromatic carbocycles. The molecule has 9 heteroatoms. The second kappa shape index (κ2) is 10.1. The molecular weight excluding hydrogens is 380 g/mol. The second-order valence-corrected chi connectivity index (χ2v) is 7.73. The molecule has 0 aliphatic carbocycles. The summed E-state index contributed by atoms with van der Waals surface area (Å²) in [4.78, 5) is 19.3. The van der Waals surface area contributed by atoms with E-state index in [0.717, 1.165) is 24.5 Å². The molecule has 0 saturated carbocycles. The number of benzene rings is 1. The van der Waals surface area contributed by atoms with E-state index in [-0.39, 0.29) is 18.5 Å². The first-order chi connectivity index (χ1) is 14.8. The summed E-state index contributed by atoms with van der Waals surface area (Å²) in [7, 11) is 0. The average molecular weight is 409 g/mol. The highest BCUT2D eigenvalue weighted by molar-refractivity contribution is 5.76. The smallest absolute Gasteiger partial charge is 0.242 e. The first kappa shape index (κ1) is 20.2. The molecule has 3 aromatic rings. The minimum atomic E-state index is -0.168. The van der Waals surface area contributed by atoms with Gasteiger partial charge in [0.15, 0.2) is 5.82 Å². The standard InChI is InChI=1S/C21H28N8O/c30-21(16-29-20(24-25-26-29)15-27-11-6-1-2-7-12-27)23-19(14-28-13-10-22-17-28)18-8-4-3-5-9-18/h3-5,8-10,13,17,19H,1-2,6-7,11-12,14-16H2,(H,23,30)/t19-/m1/s1. The van der Waals surface area contributed by atoms with Crippen molar-refractivity contribution < 1.29 is 4.79 Å². The zero-order valence-corrected chi connectivity index (χ0v) is 17.1. The van der Waals surface area contributed by atoms with Gasteiger partial charge in [0.05, 0.1) is 18.9 Å². The number of rotatable bonds is 8. The Morgan fingerprint density at radius 3 is 2.63 bits per heavy atom. The lowest BCUT2D eigenvalue weighted by atomic mass is 10.1. The van der Waals surface area contributed by atoms with E-state index < -0.39 is 0 Å². The Bertz CT molecular complexity index is 900. The van der Waals surface area contributed by atoms with Gasteiger partial charge in [-0.2, -0.15) is 0 Å². The zero-order chi connectivity index (χ0) is 20.6. The predicted molar refractivity (Wildman–Crippen MR) is 111 cm³/mol. The van der Waals surface area contributed by atoms with Gasteiger partial charge in [-0.05, 0) is 41.9 Å². The van der Waals surface area contributed by atoms with Crippen LogP contribution in [0.15, 0.2) is 49.1 Å². The van der Waals surface area contributed by atoms with Crippen LogP contribution in [-0.2, 0) is 24.4 Å². The molecule has 30 heavy (non-hydrogen) atoms. The number of tetrazole rings is 1. The van der Waals surface area contributed by atoms with Crippen molar-refractivity contribution in [1.29, 1.82) is 0 Å². The quantitative estimate of drug-likeness (QED) is 0.611. The number of amides is 1. The van der Waals surface area contributed by atoms with Gasteiger partial charge in [-0.25, -0.2) is 9.67 Å². The monoisotopic (exact) mass is 408 g/mol. The fourth-order valence-corrected chi connectivity index (χ4v) is 3.85. The van der Waals surface area contributed by atoms with E-state index in [1.54, 1.807) is 17.2 Å². The van der Waals surface area contributed by atoms with Gasteiger partial charge < -0.3 is 9.88 Å². The molecule has 1 N–H and O–H groups in total. The van der Waals surface area contributed by atoms with Gasteiger partial charge in [-0.3, -0.25) is 9.69 Å². The van der Waals surface area contributed by atoms with E-state index in [4.69, 9.17) is 0 Å². The van der Waals surface area contributed by atoms with Crippen LogP contribution in [0.1, 0.15) is 43.1 Å². The number of aromatic nitrogens is 6. The number of carbonyl (C=O) groups excluding carboxylic acids is 1. The third-order valence-corrected chi connectivity index (χ3v) is 5.45. The predicted octanol–water partition coefficient (Wildman–Crippen LogP) is 1.80. The van der Waals surface area contributed by atoms with Crippen molar-refractivity contribution in [1.82, 2.24) is 40.0 Å². The Morgan fingerprint density at radius 2 is 1.90 bits per heavy atom. The molecule has 158 valence electrons. The molecule has 1 aliphatic rings. The zero-order valence-electron chi connectivity index (χ0n) is 17.1. The Hall–Kier alpha value is -3.07. The van der Waals surface area contributed by atoms with Crippen molar-refractivity contribution in [3.63, 3.8) is 0 Å². The average Bonchev–Trinajstić information content (AvgIpc) is 3.35. The fraction of sp³-hybridized carbons (Fsp3) is 0.476. The van der Waals surface area contributed by atoms with Crippen LogP contribution in [0.3, 0.4) is 0 Å². The molecular formula is C21H28N8O. The van der Waals surface area contributed by atoms with Gasteiger partial charge in [0.25, 0.3) is 0 Å². The van der Waals surface area contributed by atoms with Crippen molar-refractivity contribution in [3.8, 4) is 0 Å². The number of carbonyl (C=O) groups is 1. The van der Waals surface area contributed by atoms with Gasteiger partial charge in [0.2, 0.25) is 5.91 Å². The molecule has 0 radical (unpaired) electrons. The van der Waals surface area contributed by atoms with E-state index in [9.17, 15) is 4.79 Å². The molecule has 0 spiro atoms. The maximum Gasteiger partial charge on any atom is 0.242 e. The molecule has 4 rings (SSSR count). The number of hydrogen-bond acceptors (Lipinski definition) is 6. The van der Waals surface area contributed by atoms with Crippen molar-refractivity contribution in [2.45, 2.75) is 51.4 Å². The van der Waals surface area contributed by atoms with Crippen LogP contribution in [0.5, 0.6) is 0 Å². The van der Waals surface area contributed by atoms with E-state index in [1.165, 1.54) is 25.7 Å². The van der Waals surface area contributed by atoms with Crippen LogP contribution >= 0.6 is 0 Å². The third kappa shape index (κ3) is 5.50. The maximum absolute atomic E-state index is 12.9. The van der Waals surface area contributed by atoms with Gasteiger partial charge in [-0.15, -0.1) is 5.10 Å². The van der Waals surface area contributed by atoms with Crippen molar-refractivity contribution >= 4 is 5.91 Å². The Morgan fingerprint density at radius 1 is 1.10 bits per heavy atom. The van der Waals surface area contributed by atoms with E-state index >= 15 is 0 Å². The molecule has 2 aromatic heterocycles. The summed E-state index contributed by atoms with van der Waals surface area (Å²) in [5.41, 5.74) is 1.04. The number of nitrogens with zero attached hydrogens (tertiary/aromatic N) is 7. The SMILES string of the molecule is O=C(Cn1nnnc1CN1CCCCCC1)N[C@H](Cn1ccnc1)c1ccccc1. The van der Waals surface area contributed by atoms with Gasteiger partial charge in [0, 0.05) is 18.9 Å². The molecule has 3 heterocycles. The molecule has 1 amide bonds. The summed E-state index contributed by atoms with van der Waals surface area (Å²) in [5.74, 6) is 0.617. The Balaban J connectivity index is 1.40. The van der Waals surface area contributed by atoms with Crippen molar-refractivity contribution in [2.24, 2.45) is 0 Å². The van der Waals surface area contributed by atoms with Crippen LogP contribution in [0.4, 0.5) is 0 Å². The van der Waals surface area contributed by atoms with Crippen molar-refractivity contribution in [2.75, 3.05) is 13.1 Å². The van der Waals surface area contributed by atoms with Crippen LogP contribution in [-0.4, -0.2) is 53.7 Å². The minimum Gasteiger partial charge on any atom is -0.346 e. The van der Waals surface area contributed by atoms with E-state index in [2.05, 4.69) is 30.7 Å². The van der Waals surface area contributed by atoms with Crippen LogP contribution in [0.2, 0.25) is 0 Å². The van der Waals surface area contributed by atoms with E-state index in [1.807, 2.05) is 41.1 Å².